The van der Waals surface area contributed by atoms with Gasteiger partial charge in [-0.1, -0.05) is 0 Å². The van der Waals surface area contributed by atoms with Crippen molar-refractivity contribution < 1.29 is 14.3 Å². The van der Waals surface area contributed by atoms with Crippen LogP contribution in [-0.2, 0) is 9.53 Å². The molecule has 3 rings (SSSR count). The zero-order chi connectivity index (χ0) is 13.4. The molecule has 0 bridgehead atoms. The van der Waals surface area contributed by atoms with Crippen molar-refractivity contribution >= 4 is 23.2 Å². The first-order valence-corrected chi connectivity index (χ1v) is 7.16. The van der Waals surface area contributed by atoms with E-state index in [0.29, 0.717) is 18.8 Å². The molecule has 2 fully saturated rings. The summed E-state index contributed by atoms with van der Waals surface area (Å²) in [7, 11) is 1.78. The molecule has 1 aromatic heterocycles. The number of thiazole rings is 1. The molecule has 1 aromatic rings. The molecule has 0 spiro atoms. The summed E-state index contributed by atoms with van der Waals surface area (Å²) in [6.45, 7) is 1.32. The highest BCUT2D eigenvalue weighted by molar-refractivity contribution is 7.07. The van der Waals surface area contributed by atoms with Crippen molar-refractivity contribution in [1.29, 1.82) is 0 Å². The molecule has 0 radical (unpaired) electrons. The summed E-state index contributed by atoms with van der Waals surface area (Å²) in [5, 5.41) is 1.75. The van der Waals surface area contributed by atoms with E-state index in [1.165, 1.54) is 11.3 Å². The van der Waals surface area contributed by atoms with E-state index in [0.717, 1.165) is 6.42 Å². The fraction of sp³-hybridized carbons (Fsp3) is 0.583. The van der Waals surface area contributed by atoms with Gasteiger partial charge in [-0.25, -0.2) is 4.98 Å². The Labute approximate surface area is 115 Å². The number of carbonyl (C=O) groups excluding carboxylic acids is 2. The van der Waals surface area contributed by atoms with Gasteiger partial charge in [-0.05, 0) is 6.42 Å². The molecule has 0 aromatic carbocycles. The van der Waals surface area contributed by atoms with Gasteiger partial charge in [0, 0.05) is 25.5 Å². The average Bonchev–Trinajstić information content (AvgIpc) is 2.96. The highest BCUT2D eigenvalue weighted by atomic mass is 32.1. The Balaban J connectivity index is 1.73. The van der Waals surface area contributed by atoms with Crippen LogP contribution in [0.25, 0.3) is 0 Å². The minimum atomic E-state index is -0.0638. The summed E-state index contributed by atoms with van der Waals surface area (Å²) >= 11 is 1.41. The third kappa shape index (κ3) is 2.23. The summed E-state index contributed by atoms with van der Waals surface area (Å²) < 4.78 is 5.54. The second-order valence-electron chi connectivity index (χ2n) is 4.83. The number of hydrogen-bond acceptors (Lipinski definition) is 5. The predicted octanol–water partition coefficient (Wildman–Crippen LogP) is 0.215. The van der Waals surface area contributed by atoms with Crippen molar-refractivity contribution in [3.63, 3.8) is 0 Å². The van der Waals surface area contributed by atoms with Gasteiger partial charge in [0.2, 0.25) is 5.91 Å². The van der Waals surface area contributed by atoms with Crippen molar-refractivity contribution in [2.75, 3.05) is 26.7 Å². The molecule has 0 saturated carbocycles. The molecule has 102 valence electrons. The molecule has 19 heavy (non-hydrogen) atoms. The van der Waals surface area contributed by atoms with Crippen LogP contribution in [0.3, 0.4) is 0 Å². The quantitative estimate of drug-likeness (QED) is 0.738. The lowest BCUT2D eigenvalue weighted by atomic mass is 9.99. The molecule has 2 amide bonds. The van der Waals surface area contributed by atoms with E-state index in [9.17, 15) is 9.59 Å². The molecular weight excluding hydrogens is 266 g/mol. The molecule has 2 aliphatic rings. The molecule has 2 atom stereocenters. The molecule has 0 aliphatic carbocycles. The number of rotatable bonds is 1. The maximum absolute atomic E-state index is 12.2. The number of piperidine rings is 1. The van der Waals surface area contributed by atoms with Crippen molar-refractivity contribution in [3.8, 4) is 0 Å². The third-order valence-electron chi connectivity index (χ3n) is 3.77. The van der Waals surface area contributed by atoms with Crippen LogP contribution in [0.4, 0.5) is 0 Å². The Morgan fingerprint density at radius 3 is 3.16 bits per heavy atom. The lowest BCUT2D eigenvalue weighted by Gasteiger charge is -2.45. The number of nitrogens with zero attached hydrogens (tertiary/aromatic N) is 3. The molecular formula is C12H15N3O3S. The van der Waals surface area contributed by atoms with E-state index in [4.69, 9.17) is 4.74 Å². The fourth-order valence-corrected chi connectivity index (χ4v) is 3.13. The molecule has 6 nitrogen and oxygen atoms in total. The second kappa shape index (κ2) is 4.90. The smallest absolute Gasteiger partial charge is 0.273 e. The Kier molecular flexibility index (Phi) is 3.24. The van der Waals surface area contributed by atoms with Gasteiger partial charge < -0.3 is 14.5 Å². The first-order chi connectivity index (χ1) is 9.16. The number of carbonyl (C=O) groups is 2. The van der Waals surface area contributed by atoms with Crippen LogP contribution in [0.1, 0.15) is 16.9 Å². The minimum Gasteiger partial charge on any atom is -0.366 e. The first-order valence-electron chi connectivity index (χ1n) is 6.21. The largest absolute Gasteiger partial charge is 0.366 e. The van der Waals surface area contributed by atoms with Crippen LogP contribution in [0.5, 0.6) is 0 Å². The molecule has 2 saturated heterocycles. The zero-order valence-electron chi connectivity index (χ0n) is 10.6. The topological polar surface area (TPSA) is 62.7 Å². The van der Waals surface area contributed by atoms with Gasteiger partial charge in [0.15, 0.2) is 0 Å². The van der Waals surface area contributed by atoms with E-state index < -0.39 is 0 Å². The van der Waals surface area contributed by atoms with Crippen LogP contribution in [-0.4, -0.2) is 65.5 Å². The van der Waals surface area contributed by atoms with E-state index in [2.05, 4.69) is 4.98 Å². The summed E-state index contributed by atoms with van der Waals surface area (Å²) in [4.78, 5) is 31.4. The predicted molar refractivity (Wildman–Crippen MR) is 68.9 cm³/mol. The van der Waals surface area contributed by atoms with Gasteiger partial charge in [-0.3, -0.25) is 9.59 Å². The average molecular weight is 281 g/mol. The molecule has 3 heterocycles. The lowest BCUT2D eigenvalue weighted by Crippen LogP contribution is -2.61. The Bertz CT molecular complexity index is 490. The molecule has 2 aliphatic heterocycles. The van der Waals surface area contributed by atoms with Crippen LogP contribution in [0.15, 0.2) is 10.9 Å². The van der Waals surface area contributed by atoms with Crippen LogP contribution < -0.4 is 0 Å². The summed E-state index contributed by atoms with van der Waals surface area (Å²) in [6, 6.07) is -0.0439. The lowest BCUT2D eigenvalue weighted by molar-refractivity contribution is -0.159. The van der Waals surface area contributed by atoms with Crippen molar-refractivity contribution in [3.05, 3.63) is 16.6 Å². The number of amides is 2. The summed E-state index contributed by atoms with van der Waals surface area (Å²) in [6.07, 6.45) is 0.806. The molecule has 0 unspecified atom stereocenters. The third-order valence-corrected chi connectivity index (χ3v) is 4.36. The fourth-order valence-electron chi connectivity index (χ4n) is 2.61. The van der Waals surface area contributed by atoms with Crippen LogP contribution in [0.2, 0.25) is 0 Å². The number of likely N-dealkylation sites (N-methyl/N-ethyl adjacent to an activating group) is 1. The van der Waals surface area contributed by atoms with Gasteiger partial charge in [-0.15, -0.1) is 11.3 Å². The number of fused-ring (bicyclic) bond motifs is 1. The number of aromatic nitrogens is 1. The Hall–Kier alpha value is -1.47. The van der Waals surface area contributed by atoms with E-state index in [1.807, 2.05) is 0 Å². The van der Waals surface area contributed by atoms with E-state index >= 15 is 0 Å². The van der Waals surface area contributed by atoms with Gasteiger partial charge in [0.05, 0.1) is 17.7 Å². The molecule has 7 heteroatoms. The standard InChI is InChI=1S/C12H15N3O3S/c1-14-9-4-15(12(17)8-6-19-7-13-8)3-2-10(9)18-5-11(14)16/h6-7,9-10H,2-5H2,1H3/t9-,10+/m0/s1. The maximum Gasteiger partial charge on any atom is 0.273 e. The Morgan fingerprint density at radius 2 is 2.42 bits per heavy atom. The van der Waals surface area contributed by atoms with Crippen molar-refractivity contribution in [2.24, 2.45) is 0 Å². The maximum atomic E-state index is 12.2. The number of likely N-dealkylation sites (tertiary alicyclic amines) is 1. The van der Waals surface area contributed by atoms with Gasteiger partial charge >= 0.3 is 0 Å². The van der Waals surface area contributed by atoms with E-state index in [1.54, 1.807) is 27.7 Å². The Morgan fingerprint density at radius 1 is 1.58 bits per heavy atom. The SMILES string of the molecule is CN1C(=O)CO[C@@H]2CCN(C(=O)c3cscn3)C[C@@H]21. The van der Waals surface area contributed by atoms with Gasteiger partial charge in [0.1, 0.15) is 12.3 Å². The second-order valence-corrected chi connectivity index (χ2v) is 5.55. The van der Waals surface area contributed by atoms with Gasteiger partial charge in [-0.2, -0.15) is 0 Å². The van der Waals surface area contributed by atoms with E-state index in [-0.39, 0.29) is 30.6 Å². The summed E-state index contributed by atoms with van der Waals surface area (Å²) in [5.41, 5.74) is 2.13. The van der Waals surface area contributed by atoms with Crippen LogP contribution in [0, 0.1) is 0 Å². The van der Waals surface area contributed by atoms with Crippen LogP contribution >= 0.6 is 11.3 Å². The zero-order valence-corrected chi connectivity index (χ0v) is 11.4. The molecule has 0 N–H and O–H groups in total. The number of morpholine rings is 1. The highest BCUT2D eigenvalue weighted by Gasteiger charge is 2.40. The highest BCUT2D eigenvalue weighted by Crippen LogP contribution is 2.23. The number of hydrogen-bond donors (Lipinski definition) is 0. The summed E-state index contributed by atoms with van der Waals surface area (Å²) in [5.74, 6) is -0.0877. The monoisotopic (exact) mass is 281 g/mol. The van der Waals surface area contributed by atoms with Crippen molar-refractivity contribution in [2.45, 2.75) is 18.6 Å². The van der Waals surface area contributed by atoms with Gasteiger partial charge in [0.25, 0.3) is 5.91 Å². The van der Waals surface area contributed by atoms with Crippen molar-refractivity contribution in [1.82, 2.24) is 14.8 Å². The minimum absolute atomic E-state index is 0.0239. The first kappa shape index (κ1) is 12.6. The normalized spacial score (nSPS) is 27.3. The number of ether oxygens (including phenoxy) is 1.